The molecule has 3 nitrogen and oxygen atoms in total. The maximum absolute atomic E-state index is 12.2. The molecule has 2 heterocycles. The Labute approximate surface area is 124 Å². The number of rotatable bonds is 4. The maximum atomic E-state index is 12.2. The molecule has 1 aromatic rings. The number of nitrogens with zero attached hydrogens (tertiary/aromatic N) is 1. The lowest BCUT2D eigenvalue weighted by molar-refractivity contribution is -0.125. The molecule has 3 rings (SSSR count). The molecule has 20 heavy (non-hydrogen) atoms. The largest absolute Gasteiger partial charge is 0.352 e. The Morgan fingerprint density at radius 3 is 3.10 bits per heavy atom. The van der Waals surface area contributed by atoms with Crippen LogP contribution in [-0.2, 0) is 11.3 Å². The van der Waals surface area contributed by atoms with Crippen LogP contribution in [0, 0.1) is 5.92 Å². The van der Waals surface area contributed by atoms with Gasteiger partial charge in [-0.05, 0) is 48.1 Å². The number of nitrogens with one attached hydrogen (secondary N) is 1. The van der Waals surface area contributed by atoms with Gasteiger partial charge >= 0.3 is 0 Å². The predicted octanol–water partition coefficient (Wildman–Crippen LogP) is 2.79. The van der Waals surface area contributed by atoms with Crippen LogP contribution in [0.4, 0.5) is 0 Å². The molecule has 108 valence electrons. The van der Waals surface area contributed by atoms with Gasteiger partial charge in [-0.3, -0.25) is 9.69 Å². The smallest absolute Gasteiger partial charge is 0.223 e. The molecule has 1 aromatic heterocycles. The van der Waals surface area contributed by atoms with Crippen LogP contribution in [0.1, 0.15) is 31.2 Å². The van der Waals surface area contributed by atoms with Gasteiger partial charge in [0, 0.05) is 31.6 Å². The number of carbonyl (C=O) groups excluding carboxylic acids is 1. The van der Waals surface area contributed by atoms with Crippen molar-refractivity contribution < 1.29 is 4.79 Å². The molecule has 0 bridgehead atoms. The predicted molar refractivity (Wildman–Crippen MR) is 82.6 cm³/mol. The lowest BCUT2D eigenvalue weighted by atomic mass is 9.93. The molecular weight excluding hydrogens is 268 g/mol. The average molecular weight is 290 g/mol. The van der Waals surface area contributed by atoms with E-state index in [1.54, 1.807) is 11.3 Å². The highest BCUT2D eigenvalue weighted by molar-refractivity contribution is 7.07. The van der Waals surface area contributed by atoms with Gasteiger partial charge in [-0.15, -0.1) is 0 Å². The summed E-state index contributed by atoms with van der Waals surface area (Å²) in [6.07, 6.45) is 8.38. The summed E-state index contributed by atoms with van der Waals surface area (Å²) in [5.41, 5.74) is 1.39. The van der Waals surface area contributed by atoms with E-state index in [-0.39, 0.29) is 11.8 Å². The highest BCUT2D eigenvalue weighted by atomic mass is 32.1. The van der Waals surface area contributed by atoms with Gasteiger partial charge in [0.2, 0.25) is 5.91 Å². The first-order valence-electron chi connectivity index (χ1n) is 7.50. The molecule has 2 atom stereocenters. The summed E-state index contributed by atoms with van der Waals surface area (Å²) in [7, 11) is 0. The van der Waals surface area contributed by atoms with Crippen molar-refractivity contribution in [3.63, 3.8) is 0 Å². The van der Waals surface area contributed by atoms with Crippen molar-refractivity contribution in [3.8, 4) is 0 Å². The molecule has 1 saturated heterocycles. The molecule has 1 N–H and O–H groups in total. The van der Waals surface area contributed by atoms with Crippen LogP contribution in [0.2, 0.25) is 0 Å². The van der Waals surface area contributed by atoms with E-state index in [4.69, 9.17) is 0 Å². The van der Waals surface area contributed by atoms with Gasteiger partial charge in [-0.25, -0.2) is 0 Å². The minimum Gasteiger partial charge on any atom is -0.352 e. The monoisotopic (exact) mass is 290 g/mol. The summed E-state index contributed by atoms with van der Waals surface area (Å²) >= 11 is 1.75. The maximum Gasteiger partial charge on any atom is 0.223 e. The third-order valence-electron chi connectivity index (χ3n) is 4.24. The Hall–Kier alpha value is -1.13. The number of hydrogen-bond donors (Lipinski definition) is 1. The van der Waals surface area contributed by atoms with Gasteiger partial charge in [-0.1, -0.05) is 12.2 Å². The summed E-state index contributed by atoms with van der Waals surface area (Å²) < 4.78 is 0. The first-order chi connectivity index (χ1) is 9.81. The quantitative estimate of drug-likeness (QED) is 0.865. The summed E-state index contributed by atoms with van der Waals surface area (Å²) in [6.45, 7) is 3.09. The van der Waals surface area contributed by atoms with Crippen molar-refractivity contribution in [2.45, 2.75) is 38.3 Å². The fourth-order valence-electron chi connectivity index (χ4n) is 3.09. The molecule has 4 heteroatoms. The fraction of sp³-hybridized carbons (Fsp3) is 0.562. The Morgan fingerprint density at radius 1 is 1.40 bits per heavy atom. The van der Waals surface area contributed by atoms with Gasteiger partial charge in [0.15, 0.2) is 0 Å². The van der Waals surface area contributed by atoms with Crippen LogP contribution in [0.25, 0.3) is 0 Å². The molecule has 1 aliphatic heterocycles. The molecular formula is C16H22N2OS. The van der Waals surface area contributed by atoms with Gasteiger partial charge in [0.1, 0.15) is 0 Å². The lowest BCUT2D eigenvalue weighted by Gasteiger charge is -2.21. The zero-order valence-electron chi connectivity index (χ0n) is 11.8. The number of allylic oxidation sites excluding steroid dienone is 2. The number of carbonyl (C=O) groups is 1. The van der Waals surface area contributed by atoms with E-state index in [9.17, 15) is 4.79 Å². The highest BCUT2D eigenvalue weighted by Crippen LogP contribution is 2.20. The van der Waals surface area contributed by atoms with E-state index in [0.717, 1.165) is 45.3 Å². The van der Waals surface area contributed by atoms with Crippen molar-refractivity contribution in [1.82, 2.24) is 10.2 Å². The number of hydrogen-bond acceptors (Lipinski definition) is 3. The molecule has 0 saturated carbocycles. The summed E-state index contributed by atoms with van der Waals surface area (Å²) in [4.78, 5) is 14.7. The zero-order valence-corrected chi connectivity index (χ0v) is 12.6. The van der Waals surface area contributed by atoms with Crippen LogP contribution >= 0.6 is 11.3 Å². The lowest BCUT2D eigenvalue weighted by Crippen LogP contribution is -2.40. The minimum atomic E-state index is 0.200. The van der Waals surface area contributed by atoms with Crippen molar-refractivity contribution in [1.29, 1.82) is 0 Å². The van der Waals surface area contributed by atoms with Gasteiger partial charge in [0.05, 0.1) is 0 Å². The van der Waals surface area contributed by atoms with Gasteiger partial charge < -0.3 is 5.32 Å². The van der Waals surface area contributed by atoms with E-state index < -0.39 is 0 Å². The fourth-order valence-corrected chi connectivity index (χ4v) is 3.75. The topological polar surface area (TPSA) is 32.3 Å². The number of thiophene rings is 1. The van der Waals surface area contributed by atoms with E-state index in [1.165, 1.54) is 5.56 Å². The molecule has 1 amide bonds. The van der Waals surface area contributed by atoms with E-state index in [0.29, 0.717) is 6.04 Å². The van der Waals surface area contributed by atoms with Crippen LogP contribution in [-0.4, -0.2) is 29.9 Å². The van der Waals surface area contributed by atoms with E-state index in [2.05, 4.69) is 39.2 Å². The molecule has 0 radical (unpaired) electrons. The first kappa shape index (κ1) is 13.8. The van der Waals surface area contributed by atoms with Gasteiger partial charge in [0.25, 0.3) is 0 Å². The van der Waals surface area contributed by atoms with Gasteiger partial charge in [-0.2, -0.15) is 11.3 Å². The number of likely N-dealkylation sites (tertiary alicyclic amines) is 1. The number of amides is 1. The molecule has 0 spiro atoms. The first-order valence-corrected chi connectivity index (χ1v) is 8.44. The zero-order chi connectivity index (χ0) is 13.8. The second-order valence-electron chi connectivity index (χ2n) is 5.84. The SMILES string of the molecule is O=C(NC1CCN(Cc2ccsc2)C1)C1CC=CCC1. The van der Waals surface area contributed by atoms with Crippen LogP contribution in [0.15, 0.2) is 29.0 Å². The highest BCUT2D eigenvalue weighted by Gasteiger charge is 2.26. The van der Waals surface area contributed by atoms with Crippen molar-refractivity contribution in [2.24, 2.45) is 5.92 Å². The van der Waals surface area contributed by atoms with Crippen LogP contribution in [0.5, 0.6) is 0 Å². The molecule has 2 aliphatic rings. The van der Waals surface area contributed by atoms with E-state index in [1.807, 2.05) is 0 Å². The summed E-state index contributed by atoms with van der Waals surface area (Å²) in [5, 5.41) is 7.58. The third kappa shape index (κ3) is 3.49. The molecule has 1 fully saturated rings. The summed E-state index contributed by atoms with van der Waals surface area (Å²) in [6, 6.07) is 2.53. The van der Waals surface area contributed by atoms with Crippen LogP contribution < -0.4 is 5.32 Å². The Balaban J connectivity index is 1.45. The van der Waals surface area contributed by atoms with Crippen LogP contribution in [0.3, 0.4) is 0 Å². The Bertz CT molecular complexity index is 469. The second kappa shape index (κ2) is 6.55. The van der Waals surface area contributed by atoms with Crippen molar-refractivity contribution >= 4 is 17.2 Å². The standard InChI is InChI=1S/C16H22N2OS/c19-16(14-4-2-1-3-5-14)17-15-6-8-18(11-15)10-13-7-9-20-12-13/h1-2,7,9,12,14-15H,3-6,8,10-11H2,(H,17,19). The van der Waals surface area contributed by atoms with Crippen molar-refractivity contribution in [2.75, 3.05) is 13.1 Å². The molecule has 1 aliphatic carbocycles. The minimum absolute atomic E-state index is 0.200. The average Bonchev–Trinajstić information content (AvgIpc) is 3.12. The Kier molecular flexibility index (Phi) is 4.53. The van der Waals surface area contributed by atoms with E-state index >= 15 is 0 Å². The Morgan fingerprint density at radius 2 is 2.35 bits per heavy atom. The summed E-state index contributed by atoms with van der Waals surface area (Å²) in [5.74, 6) is 0.461. The third-order valence-corrected chi connectivity index (χ3v) is 4.98. The molecule has 0 aromatic carbocycles. The van der Waals surface area contributed by atoms with Crippen molar-refractivity contribution in [3.05, 3.63) is 34.5 Å². The second-order valence-corrected chi connectivity index (χ2v) is 6.62. The normalized spacial score (nSPS) is 26.8. The molecule has 2 unspecified atom stereocenters.